The second-order valence-corrected chi connectivity index (χ2v) is 9.67. The standard InChI is InChI=1S/C26H14BrF13N2O2/c1-41(20(43)13-5-8-16(28)9-6-13)17-4-2-3-14(11-17)21(44)42(27)19-10-7-15(12-18(19)23(30,31)32)22(29,25(35,36)37)24(33,34)26(38,39)40/h2-12H,1H3. The van der Waals surface area contributed by atoms with Crippen molar-refractivity contribution in [1.29, 1.82) is 0 Å². The maximum Gasteiger partial charge on any atom is 0.457 e. The zero-order valence-electron chi connectivity index (χ0n) is 21.4. The average molecular weight is 713 g/mol. The van der Waals surface area contributed by atoms with Crippen LogP contribution in [0.1, 0.15) is 31.8 Å². The Kier molecular flexibility index (Phi) is 9.13. The molecular formula is C26H14BrF13N2O2. The number of benzene rings is 3. The van der Waals surface area contributed by atoms with Crippen LogP contribution in [0.15, 0.2) is 66.7 Å². The Morgan fingerprint density at radius 2 is 1.25 bits per heavy atom. The number of amides is 2. The molecule has 238 valence electrons. The van der Waals surface area contributed by atoms with Gasteiger partial charge in [0.2, 0.25) is 0 Å². The first-order valence-corrected chi connectivity index (χ1v) is 12.2. The summed E-state index contributed by atoms with van der Waals surface area (Å²) >= 11 is 2.47. The van der Waals surface area contributed by atoms with Gasteiger partial charge in [-0.2, -0.15) is 48.3 Å². The molecule has 0 aliphatic heterocycles. The van der Waals surface area contributed by atoms with E-state index in [4.69, 9.17) is 0 Å². The number of carbonyl (C=O) groups excluding carboxylic acids is 2. The van der Waals surface area contributed by atoms with Crippen LogP contribution in [0.4, 0.5) is 68.5 Å². The Balaban J connectivity index is 2.07. The van der Waals surface area contributed by atoms with E-state index in [0.717, 1.165) is 41.3 Å². The van der Waals surface area contributed by atoms with Crippen molar-refractivity contribution in [3.63, 3.8) is 0 Å². The molecule has 1 unspecified atom stereocenters. The van der Waals surface area contributed by atoms with Gasteiger partial charge >= 0.3 is 30.1 Å². The van der Waals surface area contributed by atoms with Crippen LogP contribution < -0.4 is 8.83 Å². The quantitative estimate of drug-likeness (QED) is 0.189. The topological polar surface area (TPSA) is 40.6 Å². The van der Waals surface area contributed by atoms with Crippen molar-refractivity contribution in [2.45, 2.75) is 30.1 Å². The molecule has 0 aliphatic carbocycles. The third-order valence-corrected chi connectivity index (χ3v) is 6.85. The van der Waals surface area contributed by atoms with Gasteiger partial charge in [0.1, 0.15) is 5.82 Å². The Labute approximate surface area is 247 Å². The summed E-state index contributed by atoms with van der Waals surface area (Å²) in [7, 11) is 1.22. The molecule has 3 rings (SSSR count). The Hall–Kier alpha value is -3.83. The third-order valence-electron chi connectivity index (χ3n) is 6.15. The summed E-state index contributed by atoms with van der Waals surface area (Å²) in [6, 6.07) is 7.31. The lowest BCUT2D eigenvalue weighted by Gasteiger charge is -2.36. The van der Waals surface area contributed by atoms with E-state index in [-0.39, 0.29) is 21.2 Å². The molecule has 0 spiro atoms. The van der Waals surface area contributed by atoms with Gasteiger partial charge in [0.25, 0.3) is 11.8 Å². The number of hydrogen-bond acceptors (Lipinski definition) is 2. The molecule has 0 heterocycles. The molecule has 0 N–H and O–H groups in total. The first-order valence-electron chi connectivity index (χ1n) is 11.5. The number of anilines is 2. The van der Waals surface area contributed by atoms with Gasteiger partial charge in [0, 0.05) is 29.4 Å². The molecule has 0 radical (unpaired) electrons. The SMILES string of the molecule is CN(C(=O)c1ccc(F)cc1)c1cccc(C(=O)N(Br)c2ccc(C(F)(C(F)(F)F)C(F)(F)C(F)(F)F)cc2C(F)(F)F)c1. The fourth-order valence-electron chi connectivity index (χ4n) is 3.84. The summed E-state index contributed by atoms with van der Waals surface area (Å²) in [6.45, 7) is 0. The minimum absolute atomic E-state index is 0.00144. The van der Waals surface area contributed by atoms with Crippen LogP contribution in [0.2, 0.25) is 0 Å². The van der Waals surface area contributed by atoms with Gasteiger partial charge in [-0.1, -0.05) is 12.1 Å². The van der Waals surface area contributed by atoms with Crippen molar-refractivity contribution in [3.05, 3.63) is 94.8 Å². The highest BCUT2D eigenvalue weighted by molar-refractivity contribution is 9.10. The van der Waals surface area contributed by atoms with E-state index in [1.54, 1.807) is 0 Å². The fourth-order valence-corrected chi connectivity index (χ4v) is 4.35. The minimum atomic E-state index is -7.23. The number of rotatable bonds is 6. The van der Waals surface area contributed by atoms with Crippen LogP contribution in [-0.2, 0) is 11.8 Å². The van der Waals surface area contributed by atoms with Gasteiger partial charge in [-0.3, -0.25) is 9.59 Å². The predicted octanol–water partition coefficient (Wildman–Crippen LogP) is 9.00. The van der Waals surface area contributed by atoms with E-state index >= 15 is 0 Å². The molecule has 0 saturated heterocycles. The van der Waals surface area contributed by atoms with Crippen molar-refractivity contribution in [2.24, 2.45) is 0 Å². The largest absolute Gasteiger partial charge is 0.457 e. The second-order valence-electron chi connectivity index (χ2n) is 8.97. The summed E-state index contributed by atoms with van der Waals surface area (Å²) < 4.78 is 176. The molecule has 1 atom stereocenters. The summed E-state index contributed by atoms with van der Waals surface area (Å²) in [4.78, 5) is 26.7. The number of nitrogens with zero attached hydrogens (tertiary/aromatic N) is 2. The smallest absolute Gasteiger partial charge is 0.311 e. The first kappa shape index (κ1) is 34.7. The lowest BCUT2D eigenvalue weighted by molar-refractivity contribution is -0.389. The molecule has 44 heavy (non-hydrogen) atoms. The molecular weight excluding hydrogens is 699 g/mol. The molecule has 3 aromatic rings. The average Bonchev–Trinajstić information content (AvgIpc) is 2.93. The van der Waals surface area contributed by atoms with E-state index in [1.165, 1.54) is 19.2 Å². The zero-order valence-corrected chi connectivity index (χ0v) is 22.9. The van der Waals surface area contributed by atoms with Crippen molar-refractivity contribution in [3.8, 4) is 0 Å². The monoisotopic (exact) mass is 712 g/mol. The van der Waals surface area contributed by atoms with Crippen LogP contribution in [-0.4, -0.2) is 37.1 Å². The van der Waals surface area contributed by atoms with Gasteiger partial charge < -0.3 is 4.90 Å². The van der Waals surface area contributed by atoms with Crippen LogP contribution in [0, 0.1) is 5.82 Å². The van der Waals surface area contributed by atoms with Crippen molar-refractivity contribution in [2.75, 3.05) is 15.9 Å². The van der Waals surface area contributed by atoms with Crippen LogP contribution in [0.5, 0.6) is 0 Å². The van der Waals surface area contributed by atoms with E-state index < -0.39 is 82.3 Å². The van der Waals surface area contributed by atoms with Crippen molar-refractivity contribution >= 4 is 39.3 Å². The second kappa shape index (κ2) is 11.6. The molecule has 3 aromatic carbocycles. The van der Waals surface area contributed by atoms with E-state index in [9.17, 15) is 66.7 Å². The molecule has 0 aromatic heterocycles. The van der Waals surface area contributed by atoms with Gasteiger partial charge in [0.15, 0.2) is 0 Å². The third kappa shape index (κ3) is 6.21. The van der Waals surface area contributed by atoms with E-state index in [0.29, 0.717) is 0 Å². The van der Waals surface area contributed by atoms with Crippen molar-refractivity contribution in [1.82, 2.24) is 0 Å². The Morgan fingerprint density at radius 3 is 1.75 bits per heavy atom. The van der Waals surface area contributed by atoms with Crippen molar-refractivity contribution < 1.29 is 66.7 Å². The Bertz CT molecular complexity index is 1550. The van der Waals surface area contributed by atoms with Gasteiger partial charge in [0.05, 0.1) is 27.4 Å². The highest BCUT2D eigenvalue weighted by Gasteiger charge is 2.81. The van der Waals surface area contributed by atoms with Crippen LogP contribution in [0.3, 0.4) is 0 Å². The van der Waals surface area contributed by atoms with Gasteiger partial charge in [-0.15, -0.1) is 0 Å². The summed E-state index contributed by atoms with van der Waals surface area (Å²) in [5.41, 5.74) is -13.7. The molecule has 4 nitrogen and oxygen atoms in total. The molecule has 18 heteroatoms. The summed E-state index contributed by atoms with van der Waals surface area (Å²) in [5, 5.41) is 0. The van der Waals surface area contributed by atoms with Gasteiger partial charge in [-0.05, 0) is 54.6 Å². The molecule has 2 amide bonds. The minimum Gasteiger partial charge on any atom is -0.311 e. The maximum absolute atomic E-state index is 14.9. The van der Waals surface area contributed by atoms with E-state index in [1.807, 2.05) is 0 Å². The van der Waals surface area contributed by atoms with Crippen LogP contribution in [0.25, 0.3) is 0 Å². The number of halogens is 14. The van der Waals surface area contributed by atoms with Gasteiger partial charge in [-0.25, -0.2) is 12.7 Å². The number of alkyl halides is 12. The summed E-state index contributed by atoms with van der Waals surface area (Å²) in [5.74, 6) is -9.99. The van der Waals surface area contributed by atoms with E-state index in [2.05, 4.69) is 16.1 Å². The summed E-state index contributed by atoms with van der Waals surface area (Å²) in [6.07, 6.45) is -20.1. The maximum atomic E-state index is 14.9. The molecule has 0 bridgehead atoms. The highest BCUT2D eigenvalue weighted by atomic mass is 79.9. The highest BCUT2D eigenvalue weighted by Crippen LogP contribution is 2.59. The lowest BCUT2D eigenvalue weighted by atomic mass is 9.86. The number of carbonyl (C=O) groups is 2. The Morgan fingerprint density at radius 1 is 0.682 bits per heavy atom. The molecule has 0 saturated carbocycles. The van der Waals surface area contributed by atoms with Crippen LogP contribution >= 0.6 is 16.1 Å². The normalized spacial score (nSPS) is 14.2. The fraction of sp³-hybridized carbons (Fsp3) is 0.231. The molecule has 0 aliphatic rings. The molecule has 0 fully saturated rings. The first-order chi connectivity index (χ1) is 19.9. The number of hydrogen-bond donors (Lipinski definition) is 0. The predicted molar refractivity (Wildman–Crippen MR) is 133 cm³/mol. The zero-order chi connectivity index (χ0) is 33.6. The lowest BCUT2D eigenvalue weighted by Crippen LogP contribution is -2.59.